The second kappa shape index (κ2) is 5.99. The van der Waals surface area contributed by atoms with Gasteiger partial charge in [0, 0.05) is 0 Å². The zero-order valence-corrected chi connectivity index (χ0v) is 11.0. The van der Waals surface area contributed by atoms with Gasteiger partial charge >= 0.3 is 12.0 Å². The quantitative estimate of drug-likeness (QED) is 0.797. The summed E-state index contributed by atoms with van der Waals surface area (Å²) in [6.07, 6.45) is -1.10. The molecule has 6 heteroatoms. The van der Waals surface area contributed by atoms with Crippen LogP contribution in [0.3, 0.4) is 0 Å². The number of hydrogen-bond donors (Lipinski definition) is 2. The average molecular weight is 264 g/mol. The van der Waals surface area contributed by atoms with Gasteiger partial charge in [0.05, 0.1) is 5.56 Å². The fourth-order valence-electron chi connectivity index (χ4n) is 1.54. The Balaban J connectivity index is 2.74. The number of urea groups is 1. The topological polar surface area (TPSA) is 98.5 Å². The van der Waals surface area contributed by atoms with Crippen LogP contribution >= 0.6 is 0 Å². The molecule has 3 amide bonds. The van der Waals surface area contributed by atoms with Crippen LogP contribution in [0.1, 0.15) is 28.4 Å². The van der Waals surface area contributed by atoms with E-state index in [4.69, 9.17) is 10.5 Å². The molecule has 0 unspecified atom stereocenters. The number of carbonyl (C=O) groups is 3. The van der Waals surface area contributed by atoms with Gasteiger partial charge in [0.25, 0.3) is 5.91 Å². The first-order valence-corrected chi connectivity index (χ1v) is 5.69. The van der Waals surface area contributed by atoms with Gasteiger partial charge in [-0.2, -0.15) is 0 Å². The summed E-state index contributed by atoms with van der Waals surface area (Å²) in [6, 6.07) is 4.26. The Labute approximate surface area is 110 Å². The standard InChI is InChI=1S/C13H16N2O4/c1-7-4-5-10(8(2)6-7)12(17)19-9(3)11(16)15-13(14)18/h4-6,9H,1-3H3,(H3,14,15,16,18)/t9-/m0/s1. The number of rotatable bonds is 3. The van der Waals surface area contributed by atoms with E-state index < -0.39 is 24.0 Å². The van der Waals surface area contributed by atoms with E-state index in [1.54, 1.807) is 19.1 Å². The Morgan fingerprint density at radius 3 is 2.42 bits per heavy atom. The molecule has 0 spiro atoms. The predicted molar refractivity (Wildman–Crippen MR) is 68.5 cm³/mol. The van der Waals surface area contributed by atoms with Crippen molar-refractivity contribution < 1.29 is 19.1 Å². The number of hydrogen-bond acceptors (Lipinski definition) is 4. The van der Waals surface area contributed by atoms with Crippen LogP contribution in [0.25, 0.3) is 0 Å². The zero-order valence-electron chi connectivity index (χ0n) is 11.0. The molecule has 0 radical (unpaired) electrons. The summed E-state index contributed by atoms with van der Waals surface area (Å²) < 4.78 is 4.96. The lowest BCUT2D eigenvalue weighted by Crippen LogP contribution is -2.42. The lowest BCUT2D eigenvalue weighted by Gasteiger charge is -2.13. The first-order chi connectivity index (χ1) is 8.81. The van der Waals surface area contributed by atoms with E-state index in [1.807, 2.05) is 18.3 Å². The number of esters is 1. The lowest BCUT2D eigenvalue weighted by molar-refractivity contribution is -0.127. The van der Waals surface area contributed by atoms with E-state index >= 15 is 0 Å². The van der Waals surface area contributed by atoms with Gasteiger partial charge in [-0.1, -0.05) is 17.7 Å². The van der Waals surface area contributed by atoms with Crippen LogP contribution in [0.4, 0.5) is 4.79 Å². The van der Waals surface area contributed by atoms with Crippen LogP contribution < -0.4 is 11.1 Å². The number of nitrogens with two attached hydrogens (primary N) is 1. The number of ether oxygens (including phenoxy) is 1. The molecule has 0 fully saturated rings. The first kappa shape index (κ1) is 14.7. The molecular weight excluding hydrogens is 248 g/mol. The molecule has 0 saturated carbocycles. The second-order valence-electron chi connectivity index (χ2n) is 4.22. The molecule has 1 atom stereocenters. The van der Waals surface area contributed by atoms with Gasteiger partial charge in [-0.3, -0.25) is 10.1 Å². The summed E-state index contributed by atoms with van der Waals surface area (Å²) in [5.74, 6) is -1.38. The number of amides is 3. The molecule has 0 aromatic heterocycles. The molecule has 0 heterocycles. The van der Waals surface area contributed by atoms with E-state index in [9.17, 15) is 14.4 Å². The van der Waals surface area contributed by atoms with Crippen molar-refractivity contribution in [3.8, 4) is 0 Å². The van der Waals surface area contributed by atoms with Gasteiger partial charge in [0.1, 0.15) is 0 Å². The van der Waals surface area contributed by atoms with Gasteiger partial charge in [0.15, 0.2) is 6.10 Å². The summed E-state index contributed by atoms with van der Waals surface area (Å²) in [5, 5.41) is 1.85. The minimum absolute atomic E-state index is 0.379. The highest BCUT2D eigenvalue weighted by molar-refractivity contribution is 5.98. The molecule has 0 aliphatic heterocycles. The highest BCUT2D eigenvalue weighted by Gasteiger charge is 2.20. The van der Waals surface area contributed by atoms with E-state index in [2.05, 4.69) is 0 Å². The van der Waals surface area contributed by atoms with Crippen molar-refractivity contribution in [2.24, 2.45) is 5.73 Å². The third-order valence-corrected chi connectivity index (χ3v) is 2.50. The largest absolute Gasteiger partial charge is 0.449 e. The molecule has 102 valence electrons. The Morgan fingerprint density at radius 1 is 1.26 bits per heavy atom. The van der Waals surface area contributed by atoms with Crippen molar-refractivity contribution >= 4 is 17.9 Å². The summed E-state index contributed by atoms with van der Waals surface area (Å²) in [4.78, 5) is 33.7. The van der Waals surface area contributed by atoms with E-state index in [0.717, 1.165) is 11.1 Å². The van der Waals surface area contributed by atoms with Crippen molar-refractivity contribution in [1.29, 1.82) is 0 Å². The smallest absolute Gasteiger partial charge is 0.339 e. The third kappa shape index (κ3) is 4.09. The van der Waals surface area contributed by atoms with Crippen molar-refractivity contribution in [2.45, 2.75) is 26.9 Å². The Kier molecular flexibility index (Phi) is 4.63. The number of carbonyl (C=O) groups excluding carboxylic acids is 3. The second-order valence-corrected chi connectivity index (χ2v) is 4.22. The number of nitrogens with one attached hydrogen (secondary N) is 1. The fraction of sp³-hybridized carbons (Fsp3) is 0.308. The summed E-state index contributed by atoms with van der Waals surface area (Å²) in [6.45, 7) is 5.04. The molecule has 0 aliphatic carbocycles. The van der Waals surface area contributed by atoms with Gasteiger partial charge < -0.3 is 10.5 Å². The van der Waals surface area contributed by atoms with E-state index in [-0.39, 0.29) is 0 Å². The summed E-state index contributed by atoms with van der Waals surface area (Å²) in [7, 11) is 0. The molecule has 1 aromatic carbocycles. The number of primary amides is 1. The molecule has 19 heavy (non-hydrogen) atoms. The van der Waals surface area contributed by atoms with E-state index in [1.165, 1.54) is 6.92 Å². The molecule has 0 saturated heterocycles. The number of aryl methyl sites for hydroxylation is 2. The monoisotopic (exact) mass is 264 g/mol. The minimum Gasteiger partial charge on any atom is -0.449 e. The Bertz CT molecular complexity index is 525. The predicted octanol–water partition coefficient (Wildman–Crippen LogP) is 1.04. The zero-order chi connectivity index (χ0) is 14.6. The first-order valence-electron chi connectivity index (χ1n) is 5.69. The van der Waals surface area contributed by atoms with Crippen molar-refractivity contribution in [1.82, 2.24) is 5.32 Å². The lowest BCUT2D eigenvalue weighted by atomic mass is 10.1. The summed E-state index contributed by atoms with van der Waals surface area (Å²) >= 11 is 0. The maximum absolute atomic E-state index is 11.9. The minimum atomic E-state index is -1.10. The Hall–Kier alpha value is -2.37. The maximum Gasteiger partial charge on any atom is 0.339 e. The van der Waals surface area contributed by atoms with Crippen LogP contribution in [0.5, 0.6) is 0 Å². The molecule has 6 nitrogen and oxygen atoms in total. The molecule has 3 N–H and O–H groups in total. The maximum atomic E-state index is 11.9. The fourth-order valence-corrected chi connectivity index (χ4v) is 1.54. The molecular formula is C13H16N2O4. The molecule has 1 aromatic rings. The SMILES string of the molecule is Cc1ccc(C(=O)O[C@@H](C)C(=O)NC(N)=O)c(C)c1. The number of benzene rings is 1. The van der Waals surface area contributed by atoms with Crippen molar-refractivity contribution in [3.63, 3.8) is 0 Å². The highest BCUT2D eigenvalue weighted by Crippen LogP contribution is 2.12. The van der Waals surface area contributed by atoms with Crippen molar-refractivity contribution in [2.75, 3.05) is 0 Å². The molecule has 1 rings (SSSR count). The number of imide groups is 1. The van der Waals surface area contributed by atoms with Crippen LogP contribution in [0, 0.1) is 13.8 Å². The molecule has 0 bridgehead atoms. The van der Waals surface area contributed by atoms with Crippen LogP contribution in [-0.2, 0) is 9.53 Å². The molecule has 0 aliphatic rings. The van der Waals surface area contributed by atoms with Gasteiger partial charge in [-0.25, -0.2) is 9.59 Å². The van der Waals surface area contributed by atoms with Gasteiger partial charge in [0.2, 0.25) is 0 Å². The van der Waals surface area contributed by atoms with Gasteiger partial charge in [-0.05, 0) is 32.4 Å². The summed E-state index contributed by atoms with van der Waals surface area (Å²) in [5.41, 5.74) is 6.96. The van der Waals surface area contributed by atoms with Crippen LogP contribution in [0.15, 0.2) is 18.2 Å². The van der Waals surface area contributed by atoms with Crippen LogP contribution in [0.2, 0.25) is 0 Å². The normalized spacial score (nSPS) is 11.5. The van der Waals surface area contributed by atoms with Crippen LogP contribution in [-0.4, -0.2) is 24.0 Å². The highest BCUT2D eigenvalue weighted by atomic mass is 16.5. The van der Waals surface area contributed by atoms with Gasteiger partial charge in [-0.15, -0.1) is 0 Å². The Morgan fingerprint density at radius 2 is 1.89 bits per heavy atom. The van der Waals surface area contributed by atoms with Crippen molar-refractivity contribution in [3.05, 3.63) is 34.9 Å². The van der Waals surface area contributed by atoms with E-state index in [0.29, 0.717) is 5.56 Å². The third-order valence-electron chi connectivity index (χ3n) is 2.50. The average Bonchev–Trinajstić information content (AvgIpc) is 2.27.